The molecular weight excluding hydrogens is 373 g/mol. The van der Waals surface area contributed by atoms with Crippen LogP contribution in [0.4, 0.5) is 4.39 Å². The molecule has 1 aromatic carbocycles. The zero-order valence-corrected chi connectivity index (χ0v) is 16.6. The molecule has 0 bridgehead atoms. The molecule has 5 nitrogen and oxygen atoms in total. The Morgan fingerprint density at radius 2 is 2.10 bits per heavy atom. The predicted octanol–water partition coefficient (Wildman–Crippen LogP) is 4.84. The van der Waals surface area contributed by atoms with Crippen molar-refractivity contribution in [2.45, 2.75) is 39.7 Å². The summed E-state index contributed by atoms with van der Waals surface area (Å²) in [5.74, 6) is 0.146. The molecule has 0 radical (unpaired) electrons. The maximum absolute atomic E-state index is 14.1. The minimum Gasteiger partial charge on any atom is -0.485 e. The summed E-state index contributed by atoms with van der Waals surface area (Å²) in [7, 11) is 0. The van der Waals surface area contributed by atoms with Gasteiger partial charge in [-0.05, 0) is 50.1 Å². The van der Waals surface area contributed by atoms with E-state index < -0.39 is 5.82 Å². The van der Waals surface area contributed by atoms with Crippen molar-refractivity contribution in [1.82, 2.24) is 4.57 Å². The van der Waals surface area contributed by atoms with Crippen molar-refractivity contribution in [2.75, 3.05) is 6.61 Å². The monoisotopic (exact) mass is 395 g/mol. The molecule has 0 spiro atoms. The Kier molecular flexibility index (Phi) is 4.86. The van der Waals surface area contributed by atoms with Crippen LogP contribution in [0.2, 0.25) is 0 Å². The molecule has 150 valence electrons. The third-order valence-electron chi connectivity index (χ3n) is 5.54. The van der Waals surface area contributed by atoms with Gasteiger partial charge in [-0.15, -0.1) is 0 Å². The van der Waals surface area contributed by atoms with Gasteiger partial charge in [-0.2, -0.15) is 0 Å². The first-order valence-electron chi connectivity index (χ1n) is 9.57. The number of ketones is 2. The van der Waals surface area contributed by atoms with Gasteiger partial charge in [0, 0.05) is 28.9 Å². The van der Waals surface area contributed by atoms with E-state index in [1.807, 2.05) is 43.5 Å². The minimum absolute atomic E-state index is 0.147. The number of halogens is 1. The lowest BCUT2D eigenvalue weighted by molar-refractivity contribution is 0.0911. The Balaban J connectivity index is 1.54. The number of rotatable bonds is 6. The van der Waals surface area contributed by atoms with Gasteiger partial charge in [0.1, 0.15) is 17.3 Å². The number of aromatic nitrogens is 1. The largest absolute Gasteiger partial charge is 0.485 e. The standard InChI is InChI=1S/C23H22FNO4/c1-13-9-19(26)23-21(7-6-18(24)22(13)23)29-12-20(27)17-10-14(2)25(15(17)3)11-16-5-4-8-28-16/h4-8,10,13H,9,11-12H2,1-3H3/t13-/m1/s1. The molecule has 0 N–H and O–H groups in total. The highest BCUT2D eigenvalue weighted by Crippen LogP contribution is 2.39. The highest BCUT2D eigenvalue weighted by Gasteiger charge is 2.32. The van der Waals surface area contributed by atoms with Gasteiger partial charge in [0.25, 0.3) is 0 Å². The number of nitrogens with zero attached hydrogens (tertiary/aromatic N) is 1. The van der Waals surface area contributed by atoms with Gasteiger partial charge in [0.15, 0.2) is 12.4 Å². The number of hydrogen-bond acceptors (Lipinski definition) is 4. The summed E-state index contributed by atoms with van der Waals surface area (Å²) in [5.41, 5.74) is 2.98. The van der Waals surface area contributed by atoms with Crippen molar-refractivity contribution >= 4 is 11.6 Å². The van der Waals surface area contributed by atoms with Crippen LogP contribution in [0, 0.1) is 19.7 Å². The third kappa shape index (κ3) is 3.39. The Labute approximate surface area is 168 Å². The van der Waals surface area contributed by atoms with Crippen molar-refractivity contribution < 1.29 is 23.1 Å². The number of Topliss-reactive ketones (excluding diaryl/α,β-unsaturated/α-hetero) is 2. The number of hydrogen-bond donors (Lipinski definition) is 0. The van der Waals surface area contributed by atoms with Crippen LogP contribution < -0.4 is 4.74 Å². The number of carbonyl (C=O) groups excluding carboxylic acids is 2. The van der Waals surface area contributed by atoms with Crippen molar-refractivity contribution in [3.05, 3.63) is 76.3 Å². The van der Waals surface area contributed by atoms with Crippen molar-refractivity contribution in [2.24, 2.45) is 0 Å². The molecule has 0 aliphatic heterocycles. The average Bonchev–Trinajstić information content (AvgIpc) is 3.37. The molecule has 4 rings (SSSR count). The molecule has 1 aliphatic rings. The first kappa shape index (κ1) is 19.2. The fourth-order valence-electron chi connectivity index (χ4n) is 4.05. The first-order chi connectivity index (χ1) is 13.9. The molecule has 2 heterocycles. The summed E-state index contributed by atoms with van der Waals surface area (Å²) in [5, 5.41) is 0. The third-order valence-corrected chi connectivity index (χ3v) is 5.54. The van der Waals surface area contributed by atoms with Gasteiger partial charge < -0.3 is 13.7 Å². The van der Waals surface area contributed by atoms with Crippen LogP contribution in [0.1, 0.15) is 62.7 Å². The van der Waals surface area contributed by atoms with Crippen molar-refractivity contribution in [3.8, 4) is 5.75 Å². The van der Waals surface area contributed by atoms with Crippen LogP contribution in [0.5, 0.6) is 5.75 Å². The average molecular weight is 395 g/mol. The molecule has 0 saturated carbocycles. The molecule has 29 heavy (non-hydrogen) atoms. The number of benzene rings is 1. The van der Waals surface area contributed by atoms with E-state index in [1.54, 1.807) is 6.26 Å². The highest BCUT2D eigenvalue weighted by molar-refractivity contribution is 6.04. The SMILES string of the molecule is Cc1cc(C(=O)COc2ccc(F)c3c2C(=O)C[C@H]3C)c(C)n1Cc1ccco1. The Morgan fingerprint density at radius 3 is 2.83 bits per heavy atom. The summed E-state index contributed by atoms with van der Waals surface area (Å²) >= 11 is 0. The summed E-state index contributed by atoms with van der Waals surface area (Å²) in [4.78, 5) is 25.1. The molecular formula is C23H22FNO4. The second-order valence-electron chi connectivity index (χ2n) is 7.52. The van der Waals surface area contributed by atoms with Crippen molar-refractivity contribution in [3.63, 3.8) is 0 Å². The fourth-order valence-corrected chi connectivity index (χ4v) is 4.05. The van der Waals surface area contributed by atoms with Crippen molar-refractivity contribution in [1.29, 1.82) is 0 Å². The van der Waals surface area contributed by atoms with Crippen LogP contribution in [0.25, 0.3) is 0 Å². The lowest BCUT2D eigenvalue weighted by atomic mass is 10.0. The van der Waals surface area contributed by atoms with Crippen LogP contribution in [-0.4, -0.2) is 22.7 Å². The molecule has 6 heteroatoms. The van der Waals surface area contributed by atoms with E-state index in [1.165, 1.54) is 12.1 Å². The number of aryl methyl sites for hydroxylation is 1. The molecule has 0 amide bonds. The molecule has 0 fully saturated rings. The topological polar surface area (TPSA) is 61.4 Å². The summed E-state index contributed by atoms with van der Waals surface area (Å²) < 4.78 is 27.2. The Morgan fingerprint density at radius 1 is 1.31 bits per heavy atom. The van der Waals surface area contributed by atoms with E-state index in [0.29, 0.717) is 17.7 Å². The molecule has 1 aliphatic carbocycles. The summed E-state index contributed by atoms with van der Waals surface area (Å²) in [6, 6.07) is 8.26. The van der Waals surface area contributed by atoms with Gasteiger partial charge in [0.2, 0.25) is 5.78 Å². The van der Waals surface area contributed by atoms with Crippen LogP contribution in [-0.2, 0) is 6.54 Å². The molecule has 0 saturated heterocycles. The molecule has 3 aromatic rings. The fraction of sp³-hybridized carbons (Fsp3) is 0.304. The second-order valence-corrected chi connectivity index (χ2v) is 7.52. The van der Waals surface area contributed by atoms with Gasteiger partial charge >= 0.3 is 0 Å². The second kappa shape index (κ2) is 7.35. The summed E-state index contributed by atoms with van der Waals surface area (Å²) in [6.45, 7) is 5.95. The first-order valence-corrected chi connectivity index (χ1v) is 9.57. The van der Waals surface area contributed by atoms with E-state index in [0.717, 1.165) is 17.1 Å². The summed E-state index contributed by atoms with van der Waals surface area (Å²) in [6.07, 6.45) is 1.88. The van der Waals surface area contributed by atoms with Gasteiger partial charge in [0.05, 0.1) is 18.4 Å². The van der Waals surface area contributed by atoms with E-state index in [2.05, 4.69) is 0 Å². The molecule has 1 atom stereocenters. The number of ether oxygens (including phenoxy) is 1. The van der Waals surface area contributed by atoms with Gasteiger partial charge in [-0.25, -0.2) is 4.39 Å². The lowest BCUT2D eigenvalue weighted by Crippen LogP contribution is -2.14. The highest BCUT2D eigenvalue weighted by atomic mass is 19.1. The van der Waals surface area contributed by atoms with E-state index >= 15 is 0 Å². The van der Waals surface area contributed by atoms with Gasteiger partial charge in [-0.1, -0.05) is 6.92 Å². The normalized spacial score (nSPS) is 15.6. The quantitative estimate of drug-likeness (QED) is 0.561. The predicted molar refractivity (Wildman–Crippen MR) is 105 cm³/mol. The minimum atomic E-state index is -0.404. The number of furan rings is 1. The van der Waals surface area contributed by atoms with E-state index in [9.17, 15) is 14.0 Å². The van der Waals surface area contributed by atoms with Gasteiger partial charge in [-0.3, -0.25) is 9.59 Å². The van der Waals surface area contributed by atoms with E-state index in [4.69, 9.17) is 9.15 Å². The Bertz CT molecular complexity index is 1090. The maximum atomic E-state index is 14.1. The van der Waals surface area contributed by atoms with Crippen LogP contribution in [0.3, 0.4) is 0 Å². The molecule has 2 aromatic heterocycles. The Hall–Kier alpha value is -3.15. The smallest absolute Gasteiger partial charge is 0.202 e. The molecule has 0 unspecified atom stereocenters. The zero-order chi connectivity index (χ0) is 20.7. The van der Waals surface area contributed by atoms with Crippen LogP contribution >= 0.6 is 0 Å². The zero-order valence-electron chi connectivity index (χ0n) is 16.6. The van der Waals surface area contributed by atoms with Crippen LogP contribution in [0.15, 0.2) is 41.0 Å². The maximum Gasteiger partial charge on any atom is 0.202 e. The number of fused-ring (bicyclic) bond motifs is 1. The number of carbonyl (C=O) groups is 2. The lowest BCUT2D eigenvalue weighted by Gasteiger charge is -2.12. The van der Waals surface area contributed by atoms with E-state index in [-0.39, 0.29) is 41.8 Å².